The highest BCUT2D eigenvalue weighted by molar-refractivity contribution is 5.81. The molecule has 8 nitrogen and oxygen atoms in total. The van der Waals surface area contributed by atoms with Crippen LogP contribution in [0, 0.1) is 0 Å². The van der Waals surface area contributed by atoms with E-state index in [1.165, 1.54) is 9.58 Å². The number of carbonyl (C=O) groups is 2. The lowest BCUT2D eigenvalue weighted by Gasteiger charge is -2.30. The van der Waals surface area contributed by atoms with Gasteiger partial charge in [0.1, 0.15) is 12.1 Å². The molecule has 1 saturated heterocycles. The fourth-order valence-corrected chi connectivity index (χ4v) is 2.29. The largest absolute Gasteiger partial charge is 0.479 e. The van der Waals surface area contributed by atoms with Gasteiger partial charge in [-0.2, -0.15) is 0 Å². The molecule has 0 radical (unpaired) electrons. The van der Waals surface area contributed by atoms with Gasteiger partial charge in [0.25, 0.3) is 0 Å². The second-order valence-corrected chi connectivity index (χ2v) is 4.77. The molecule has 2 aromatic rings. The van der Waals surface area contributed by atoms with Crippen LogP contribution in [0.2, 0.25) is 0 Å². The number of aromatic nitrogens is 3. The van der Waals surface area contributed by atoms with E-state index >= 15 is 0 Å². The van der Waals surface area contributed by atoms with Crippen LogP contribution in [0.1, 0.15) is 0 Å². The number of para-hydroxylation sites is 1. The number of carboxylic acids is 1. The Labute approximate surface area is 119 Å². The molecule has 1 aromatic carbocycles. The third kappa shape index (κ3) is 2.70. The first-order chi connectivity index (χ1) is 10.1. The van der Waals surface area contributed by atoms with Crippen molar-refractivity contribution in [2.24, 2.45) is 0 Å². The number of ether oxygens (including phenoxy) is 1. The number of aliphatic carboxylic acids is 1. The lowest BCUT2D eigenvalue weighted by atomic mass is 10.2. The summed E-state index contributed by atoms with van der Waals surface area (Å²) in [6.45, 7) is 0.698. The van der Waals surface area contributed by atoms with E-state index < -0.39 is 12.1 Å². The summed E-state index contributed by atoms with van der Waals surface area (Å²) in [5, 5.41) is 16.9. The smallest absolute Gasteiger partial charge is 0.334 e. The number of hydrogen-bond acceptors (Lipinski definition) is 5. The van der Waals surface area contributed by atoms with E-state index in [-0.39, 0.29) is 25.6 Å². The maximum Gasteiger partial charge on any atom is 0.334 e. The van der Waals surface area contributed by atoms with Crippen LogP contribution in [0.4, 0.5) is 0 Å². The SMILES string of the molecule is O=C(O)C1CN(C(=O)Cn2nnc3ccccc32)CCO1. The Kier molecular flexibility index (Phi) is 3.53. The predicted molar refractivity (Wildman–Crippen MR) is 71.5 cm³/mol. The van der Waals surface area contributed by atoms with Crippen molar-refractivity contribution in [1.29, 1.82) is 0 Å². The monoisotopic (exact) mass is 290 g/mol. The van der Waals surface area contributed by atoms with E-state index in [2.05, 4.69) is 10.3 Å². The van der Waals surface area contributed by atoms with Crippen LogP contribution in [-0.2, 0) is 20.9 Å². The van der Waals surface area contributed by atoms with Gasteiger partial charge >= 0.3 is 5.97 Å². The van der Waals surface area contributed by atoms with Crippen molar-refractivity contribution in [1.82, 2.24) is 19.9 Å². The minimum Gasteiger partial charge on any atom is -0.479 e. The molecular formula is C13H14N4O4. The molecule has 110 valence electrons. The average Bonchev–Trinajstić information content (AvgIpc) is 2.91. The van der Waals surface area contributed by atoms with Crippen molar-refractivity contribution in [2.75, 3.05) is 19.7 Å². The molecule has 3 rings (SSSR count). The van der Waals surface area contributed by atoms with Gasteiger partial charge in [-0.25, -0.2) is 9.48 Å². The van der Waals surface area contributed by atoms with Crippen molar-refractivity contribution < 1.29 is 19.4 Å². The Bertz CT molecular complexity index is 684. The first-order valence-electron chi connectivity index (χ1n) is 6.55. The standard InChI is InChI=1S/C13H14N4O4/c18-12(16-5-6-21-11(7-16)13(19)20)8-17-10-4-2-1-3-9(10)14-15-17/h1-4,11H,5-8H2,(H,19,20). The van der Waals surface area contributed by atoms with Crippen LogP contribution in [0.25, 0.3) is 11.0 Å². The zero-order valence-corrected chi connectivity index (χ0v) is 11.2. The van der Waals surface area contributed by atoms with Gasteiger partial charge in [0.2, 0.25) is 5.91 Å². The van der Waals surface area contributed by atoms with E-state index in [1.807, 2.05) is 24.3 Å². The molecule has 1 aliphatic rings. The third-order valence-electron chi connectivity index (χ3n) is 3.40. The minimum absolute atomic E-state index is 0.0346. The summed E-state index contributed by atoms with van der Waals surface area (Å²) in [7, 11) is 0. The van der Waals surface area contributed by atoms with Gasteiger partial charge in [0.05, 0.1) is 18.7 Å². The molecule has 2 heterocycles. The topological polar surface area (TPSA) is 97.6 Å². The van der Waals surface area contributed by atoms with Gasteiger partial charge in [0, 0.05) is 6.54 Å². The molecule has 1 unspecified atom stereocenters. The lowest BCUT2D eigenvalue weighted by Crippen LogP contribution is -2.49. The van der Waals surface area contributed by atoms with Crippen LogP contribution >= 0.6 is 0 Å². The van der Waals surface area contributed by atoms with Crippen LogP contribution in [-0.4, -0.2) is 62.7 Å². The van der Waals surface area contributed by atoms with Crippen molar-refractivity contribution in [3.05, 3.63) is 24.3 Å². The van der Waals surface area contributed by atoms with E-state index in [9.17, 15) is 9.59 Å². The molecule has 8 heteroatoms. The lowest BCUT2D eigenvalue weighted by molar-refractivity contribution is -0.159. The third-order valence-corrected chi connectivity index (χ3v) is 3.40. The van der Waals surface area contributed by atoms with Crippen LogP contribution in [0.5, 0.6) is 0 Å². The van der Waals surface area contributed by atoms with Crippen LogP contribution in [0.3, 0.4) is 0 Å². The average molecular weight is 290 g/mol. The van der Waals surface area contributed by atoms with Gasteiger partial charge in [-0.3, -0.25) is 4.79 Å². The fraction of sp³-hybridized carbons (Fsp3) is 0.385. The van der Waals surface area contributed by atoms with Gasteiger partial charge in [0.15, 0.2) is 6.10 Å². The summed E-state index contributed by atoms with van der Waals surface area (Å²) in [5.41, 5.74) is 1.49. The van der Waals surface area contributed by atoms with E-state index in [4.69, 9.17) is 9.84 Å². The summed E-state index contributed by atoms with van der Waals surface area (Å²) in [6, 6.07) is 7.35. The number of amides is 1. The first-order valence-corrected chi connectivity index (χ1v) is 6.55. The molecule has 1 aliphatic heterocycles. The normalized spacial score (nSPS) is 18.9. The minimum atomic E-state index is -1.06. The summed E-state index contributed by atoms with van der Waals surface area (Å²) in [5.74, 6) is -1.25. The van der Waals surface area contributed by atoms with Crippen LogP contribution < -0.4 is 0 Å². The number of morpholine rings is 1. The second kappa shape index (κ2) is 5.49. The molecule has 1 N–H and O–H groups in total. The molecular weight excluding hydrogens is 276 g/mol. The number of rotatable bonds is 3. The van der Waals surface area contributed by atoms with Gasteiger partial charge in [-0.05, 0) is 12.1 Å². The second-order valence-electron chi connectivity index (χ2n) is 4.77. The van der Waals surface area contributed by atoms with Crippen molar-refractivity contribution in [3.8, 4) is 0 Å². The predicted octanol–water partition coefficient (Wildman–Crippen LogP) is -0.257. The molecule has 0 spiro atoms. The molecule has 0 aliphatic carbocycles. The first kappa shape index (κ1) is 13.5. The molecule has 0 saturated carbocycles. The van der Waals surface area contributed by atoms with Gasteiger partial charge < -0.3 is 14.7 Å². The Morgan fingerprint density at radius 2 is 2.19 bits per heavy atom. The fourth-order valence-electron chi connectivity index (χ4n) is 2.29. The quantitative estimate of drug-likeness (QED) is 0.836. The van der Waals surface area contributed by atoms with Crippen LogP contribution in [0.15, 0.2) is 24.3 Å². The van der Waals surface area contributed by atoms with Crippen molar-refractivity contribution in [3.63, 3.8) is 0 Å². The molecule has 1 fully saturated rings. The maximum atomic E-state index is 12.3. The van der Waals surface area contributed by atoms with Crippen molar-refractivity contribution >= 4 is 22.9 Å². The highest BCUT2D eigenvalue weighted by Crippen LogP contribution is 2.11. The zero-order chi connectivity index (χ0) is 14.8. The number of hydrogen-bond donors (Lipinski definition) is 1. The summed E-state index contributed by atoms with van der Waals surface area (Å²) in [6.07, 6.45) is -0.963. The van der Waals surface area contributed by atoms with E-state index in [1.54, 1.807) is 0 Å². The molecule has 1 atom stereocenters. The molecule has 0 bridgehead atoms. The number of benzene rings is 1. The molecule has 1 aromatic heterocycles. The number of carbonyl (C=O) groups excluding carboxylic acids is 1. The number of carboxylic acid groups (broad SMARTS) is 1. The Hall–Kier alpha value is -2.48. The Morgan fingerprint density at radius 3 is 3.00 bits per heavy atom. The highest BCUT2D eigenvalue weighted by atomic mass is 16.5. The Balaban J connectivity index is 1.72. The Morgan fingerprint density at radius 1 is 1.38 bits per heavy atom. The zero-order valence-electron chi connectivity index (χ0n) is 11.2. The molecule has 1 amide bonds. The van der Waals surface area contributed by atoms with E-state index in [0.717, 1.165) is 11.0 Å². The van der Waals surface area contributed by atoms with E-state index in [0.29, 0.717) is 6.54 Å². The summed E-state index contributed by atoms with van der Waals surface area (Å²) < 4.78 is 6.61. The number of nitrogens with zero attached hydrogens (tertiary/aromatic N) is 4. The summed E-state index contributed by atoms with van der Waals surface area (Å²) >= 11 is 0. The number of fused-ring (bicyclic) bond motifs is 1. The van der Waals surface area contributed by atoms with Crippen molar-refractivity contribution in [2.45, 2.75) is 12.6 Å². The maximum absolute atomic E-state index is 12.3. The summed E-state index contributed by atoms with van der Waals surface area (Å²) in [4.78, 5) is 24.7. The van der Waals surface area contributed by atoms with Gasteiger partial charge in [-0.1, -0.05) is 17.3 Å². The van der Waals surface area contributed by atoms with Gasteiger partial charge in [-0.15, -0.1) is 5.10 Å². The highest BCUT2D eigenvalue weighted by Gasteiger charge is 2.29. The molecule has 21 heavy (non-hydrogen) atoms.